The molecule has 0 aliphatic carbocycles. The van der Waals surface area contributed by atoms with Crippen molar-refractivity contribution in [2.75, 3.05) is 13.2 Å². The first kappa shape index (κ1) is 8.82. The lowest BCUT2D eigenvalue weighted by Gasteiger charge is -2.17. The van der Waals surface area contributed by atoms with Crippen LogP contribution in [0, 0.1) is 5.92 Å². The van der Waals surface area contributed by atoms with Gasteiger partial charge in [-0.1, -0.05) is 19.9 Å². The highest BCUT2D eigenvalue weighted by atomic mass is 16.6. The summed E-state index contributed by atoms with van der Waals surface area (Å²) in [6, 6.07) is 0. The zero-order valence-corrected chi connectivity index (χ0v) is 7.25. The molecule has 62 valence electrons. The number of hydrogen-bond donors (Lipinski definition) is 0. The van der Waals surface area contributed by atoms with Crippen molar-refractivity contribution in [1.29, 1.82) is 0 Å². The topological polar surface area (TPSA) is 18.5 Å². The summed E-state index contributed by atoms with van der Waals surface area (Å²) in [6.45, 7) is 9.52. The molecular weight excluding hydrogens is 139 g/mol. The molecule has 11 heavy (non-hydrogen) atoms. The second-order valence-corrected chi connectivity index (χ2v) is 3.17. The molecule has 1 atom stereocenters. The highest BCUT2D eigenvalue weighted by Gasteiger charge is 2.33. The second kappa shape index (κ2) is 3.93. The normalized spacial score (nSPS) is 20.8. The zero-order valence-electron chi connectivity index (χ0n) is 7.25. The fourth-order valence-electron chi connectivity index (χ4n) is 1.30. The van der Waals surface area contributed by atoms with Gasteiger partial charge in [-0.15, -0.1) is 6.58 Å². The van der Waals surface area contributed by atoms with E-state index in [0.717, 1.165) is 13.2 Å². The van der Waals surface area contributed by atoms with Crippen molar-refractivity contribution in [3.8, 4) is 0 Å². The third-order valence-corrected chi connectivity index (χ3v) is 2.00. The number of hydrogen-bond acceptors (Lipinski definition) is 2. The molecule has 1 unspecified atom stereocenters. The van der Waals surface area contributed by atoms with Crippen LogP contribution in [0.1, 0.15) is 13.8 Å². The lowest BCUT2D eigenvalue weighted by atomic mass is 9.66. The number of rotatable bonds is 3. The minimum absolute atomic E-state index is 0.0486. The SMILES string of the molecule is C=CC(B1OCCO1)C(C)C. The van der Waals surface area contributed by atoms with Crippen LogP contribution in [0.5, 0.6) is 0 Å². The Bertz CT molecular complexity index is 130. The van der Waals surface area contributed by atoms with Gasteiger partial charge in [0.15, 0.2) is 0 Å². The zero-order chi connectivity index (χ0) is 8.27. The molecule has 0 saturated carbocycles. The van der Waals surface area contributed by atoms with Crippen molar-refractivity contribution in [1.82, 2.24) is 0 Å². The van der Waals surface area contributed by atoms with Gasteiger partial charge in [0, 0.05) is 5.82 Å². The molecule has 0 aromatic carbocycles. The van der Waals surface area contributed by atoms with E-state index >= 15 is 0 Å². The van der Waals surface area contributed by atoms with Gasteiger partial charge >= 0.3 is 7.12 Å². The van der Waals surface area contributed by atoms with Crippen LogP contribution in [0.15, 0.2) is 12.7 Å². The van der Waals surface area contributed by atoms with Gasteiger partial charge in [0.1, 0.15) is 0 Å². The van der Waals surface area contributed by atoms with Gasteiger partial charge in [-0.2, -0.15) is 0 Å². The maximum absolute atomic E-state index is 5.37. The van der Waals surface area contributed by atoms with E-state index in [1.165, 1.54) is 0 Å². The lowest BCUT2D eigenvalue weighted by molar-refractivity contribution is 0.351. The standard InChI is InChI=1S/C8H15BO2/c1-4-8(7(2)3)9-10-5-6-11-9/h4,7-8H,1,5-6H2,2-3H3. The van der Waals surface area contributed by atoms with Crippen LogP contribution in [0.3, 0.4) is 0 Å². The molecular formula is C8H15BO2. The summed E-state index contributed by atoms with van der Waals surface area (Å²) >= 11 is 0. The van der Waals surface area contributed by atoms with E-state index in [0.29, 0.717) is 11.7 Å². The van der Waals surface area contributed by atoms with Gasteiger partial charge in [-0.25, -0.2) is 0 Å². The van der Waals surface area contributed by atoms with E-state index in [1.54, 1.807) is 0 Å². The van der Waals surface area contributed by atoms with Crippen LogP contribution in [-0.4, -0.2) is 20.3 Å². The molecule has 0 N–H and O–H groups in total. The fourth-order valence-corrected chi connectivity index (χ4v) is 1.30. The molecule has 1 fully saturated rings. The maximum atomic E-state index is 5.37. The minimum atomic E-state index is -0.0486. The van der Waals surface area contributed by atoms with Crippen LogP contribution in [0.25, 0.3) is 0 Å². The Kier molecular flexibility index (Phi) is 3.15. The monoisotopic (exact) mass is 154 g/mol. The average molecular weight is 154 g/mol. The van der Waals surface area contributed by atoms with Gasteiger partial charge in [0.2, 0.25) is 0 Å². The van der Waals surface area contributed by atoms with Crippen LogP contribution >= 0.6 is 0 Å². The van der Waals surface area contributed by atoms with Crippen molar-refractivity contribution in [3.63, 3.8) is 0 Å². The predicted molar refractivity (Wildman–Crippen MR) is 46.4 cm³/mol. The average Bonchev–Trinajstić information content (AvgIpc) is 2.40. The van der Waals surface area contributed by atoms with Crippen LogP contribution in [0.2, 0.25) is 5.82 Å². The van der Waals surface area contributed by atoms with Gasteiger partial charge in [-0.05, 0) is 5.92 Å². The summed E-state index contributed by atoms with van der Waals surface area (Å²) in [5.74, 6) is 0.869. The first-order valence-corrected chi connectivity index (χ1v) is 4.11. The summed E-state index contributed by atoms with van der Waals surface area (Å²) in [5, 5.41) is 0. The van der Waals surface area contributed by atoms with Gasteiger partial charge < -0.3 is 9.31 Å². The first-order valence-electron chi connectivity index (χ1n) is 4.11. The molecule has 1 heterocycles. The van der Waals surface area contributed by atoms with Crippen molar-refractivity contribution in [3.05, 3.63) is 12.7 Å². The smallest absolute Gasteiger partial charge is 0.408 e. The molecule has 2 nitrogen and oxygen atoms in total. The van der Waals surface area contributed by atoms with Gasteiger partial charge in [-0.3, -0.25) is 0 Å². The van der Waals surface area contributed by atoms with E-state index < -0.39 is 0 Å². The Hall–Kier alpha value is -0.275. The molecule has 0 amide bonds. The Labute approximate surface area is 68.7 Å². The van der Waals surface area contributed by atoms with E-state index in [9.17, 15) is 0 Å². The summed E-state index contributed by atoms with van der Waals surface area (Å²) in [5.41, 5.74) is 0. The molecule has 3 heteroatoms. The molecule has 0 aromatic heterocycles. The molecule has 0 aromatic rings. The van der Waals surface area contributed by atoms with Crippen molar-refractivity contribution >= 4 is 7.12 Å². The molecule has 1 aliphatic heterocycles. The summed E-state index contributed by atoms with van der Waals surface area (Å²) in [4.78, 5) is 0. The van der Waals surface area contributed by atoms with Gasteiger partial charge in [0.05, 0.1) is 13.2 Å². The molecule has 0 bridgehead atoms. The van der Waals surface area contributed by atoms with E-state index in [-0.39, 0.29) is 7.12 Å². The number of allylic oxidation sites excluding steroid dienone is 1. The van der Waals surface area contributed by atoms with Crippen molar-refractivity contribution in [2.24, 2.45) is 5.92 Å². The molecule has 0 spiro atoms. The highest BCUT2D eigenvalue weighted by molar-refractivity contribution is 6.47. The molecule has 0 radical (unpaired) electrons. The summed E-state index contributed by atoms with van der Waals surface area (Å²) in [7, 11) is -0.0486. The van der Waals surface area contributed by atoms with Crippen LogP contribution in [0.4, 0.5) is 0 Å². The Morgan fingerprint density at radius 2 is 1.91 bits per heavy atom. The van der Waals surface area contributed by atoms with Crippen molar-refractivity contribution in [2.45, 2.75) is 19.7 Å². The first-order chi connectivity index (χ1) is 5.25. The molecule has 1 saturated heterocycles. The second-order valence-electron chi connectivity index (χ2n) is 3.17. The fraction of sp³-hybridized carbons (Fsp3) is 0.750. The molecule has 1 aliphatic rings. The maximum Gasteiger partial charge on any atom is 0.464 e. The van der Waals surface area contributed by atoms with E-state index in [4.69, 9.17) is 9.31 Å². The van der Waals surface area contributed by atoms with Gasteiger partial charge in [0.25, 0.3) is 0 Å². The van der Waals surface area contributed by atoms with Crippen molar-refractivity contribution < 1.29 is 9.31 Å². The highest BCUT2D eigenvalue weighted by Crippen LogP contribution is 2.25. The minimum Gasteiger partial charge on any atom is -0.408 e. The summed E-state index contributed by atoms with van der Waals surface area (Å²) in [6.07, 6.45) is 1.92. The Morgan fingerprint density at radius 3 is 2.27 bits per heavy atom. The third kappa shape index (κ3) is 2.07. The Balaban J connectivity index is 2.46. The quantitative estimate of drug-likeness (QED) is 0.455. The largest absolute Gasteiger partial charge is 0.464 e. The molecule has 1 rings (SSSR count). The lowest BCUT2D eigenvalue weighted by Crippen LogP contribution is -2.24. The van der Waals surface area contributed by atoms with Crippen LogP contribution < -0.4 is 0 Å². The van der Waals surface area contributed by atoms with E-state index in [2.05, 4.69) is 20.4 Å². The Morgan fingerprint density at radius 1 is 1.36 bits per heavy atom. The predicted octanol–water partition coefficient (Wildman–Crippen LogP) is 1.73. The third-order valence-electron chi connectivity index (χ3n) is 2.00. The van der Waals surface area contributed by atoms with E-state index in [1.807, 2.05) is 6.08 Å². The van der Waals surface area contributed by atoms with Crippen LogP contribution in [-0.2, 0) is 9.31 Å². The summed E-state index contributed by atoms with van der Waals surface area (Å²) < 4.78 is 10.7.